The lowest BCUT2D eigenvalue weighted by Crippen LogP contribution is -2.34. The van der Waals surface area contributed by atoms with Crippen molar-refractivity contribution in [3.63, 3.8) is 0 Å². The number of aryl methyl sites for hydroxylation is 1. The Labute approximate surface area is 174 Å². The summed E-state index contributed by atoms with van der Waals surface area (Å²) in [6.07, 6.45) is -0.344. The van der Waals surface area contributed by atoms with Crippen LogP contribution in [0.4, 0.5) is 11.4 Å². The lowest BCUT2D eigenvalue weighted by atomic mass is 10.1. The minimum atomic E-state index is -0.700. The number of para-hydroxylation sites is 1. The standard InChI is InChI=1S/C22H21ClN2O4/c1-12(2)29-22(28)15-9-5-6-11-17(15)25-20(26)18(23)19(21(25)27)24-16-10-7-8-13(3)14(16)4/h5-12,24H,1-4H3. The van der Waals surface area contributed by atoms with Crippen molar-refractivity contribution >= 4 is 40.8 Å². The number of carbonyl (C=O) groups excluding carboxylic acids is 3. The van der Waals surface area contributed by atoms with E-state index in [4.69, 9.17) is 16.3 Å². The number of imide groups is 1. The van der Waals surface area contributed by atoms with Gasteiger partial charge in [-0.3, -0.25) is 9.59 Å². The maximum absolute atomic E-state index is 13.1. The van der Waals surface area contributed by atoms with Gasteiger partial charge in [-0.1, -0.05) is 35.9 Å². The fourth-order valence-electron chi connectivity index (χ4n) is 2.97. The van der Waals surface area contributed by atoms with Crippen LogP contribution in [0.3, 0.4) is 0 Å². The van der Waals surface area contributed by atoms with Gasteiger partial charge in [-0.25, -0.2) is 9.69 Å². The Morgan fingerprint density at radius 1 is 1.03 bits per heavy atom. The predicted molar refractivity (Wildman–Crippen MR) is 112 cm³/mol. The van der Waals surface area contributed by atoms with Gasteiger partial charge in [0.25, 0.3) is 11.8 Å². The third kappa shape index (κ3) is 3.89. The maximum Gasteiger partial charge on any atom is 0.340 e. The Bertz CT molecular complexity index is 1040. The average Bonchev–Trinajstić information content (AvgIpc) is 2.88. The lowest BCUT2D eigenvalue weighted by molar-refractivity contribution is -0.120. The first kappa shape index (κ1) is 20.6. The molecule has 0 unspecified atom stereocenters. The quantitative estimate of drug-likeness (QED) is 0.585. The lowest BCUT2D eigenvalue weighted by Gasteiger charge is -2.19. The van der Waals surface area contributed by atoms with Crippen LogP contribution in [0, 0.1) is 13.8 Å². The molecule has 29 heavy (non-hydrogen) atoms. The van der Waals surface area contributed by atoms with Gasteiger partial charge < -0.3 is 10.1 Å². The summed E-state index contributed by atoms with van der Waals surface area (Å²) in [5.74, 6) is -1.96. The summed E-state index contributed by atoms with van der Waals surface area (Å²) in [6, 6.07) is 11.9. The van der Waals surface area contributed by atoms with Crippen molar-refractivity contribution in [2.45, 2.75) is 33.8 Å². The van der Waals surface area contributed by atoms with Crippen molar-refractivity contribution in [2.75, 3.05) is 10.2 Å². The van der Waals surface area contributed by atoms with Crippen LogP contribution in [-0.2, 0) is 14.3 Å². The summed E-state index contributed by atoms with van der Waals surface area (Å²) in [5.41, 5.74) is 2.85. The molecule has 1 aliphatic rings. The molecule has 1 N–H and O–H groups in total. The second-order valence-electron chi connectivity index (χ2n) is 6.98. The molecule has 1 aliphatic heterocycles. The zero-order valence-electron chi connectivity index (χ0n) is 16.6. The van der Waals surface area contributed by atoms with Crippen LogP contribution in [0.5, 0.6) is 0 Å². The fourth-order valence-corrected chi connectivity index (χ4v) is 3.18. The number of carbonyl (C=O) groups is 3. The number of anilines is 2. The third-order valence-electron chi connectivity index (χ3n) is 4.60. The zero-order valence-corrected chi connectivity index (χ0v) is 17.3. The molecule has 2 aromatic rings. The smallest absolute Gasteiger partial charge is 0.340 e. The van der Waals surface area contributed by atoms with Gasteiger partial charge in [-0.05, 0) is 57.0 Å². The summed E-state index contributed by atoms with van der Waals surface area (Å²) in [4.78, 5) is 39.2. The molecular weight excluding hydrogens is 392 g/mol. The van der Waals surface area contributed by atoms with E-state index in [1.165, 1.54) is 12.1 Å². The summed E-state index contributed by atoms with van der Waals surface area (Å²) < 4.78 is 5.23. The van der Waals surface area contributed by atoms with Gasteiger partial charge in [0, 0.05) is 5.69 Å². The van der Waals surface area contributed by atoms with Crippen LogP contribution < -0.4 is 10.2 Å². The molecule has 7 heteroatoms. The number of nitrogens with one attached hydrogen (secondary N) is 1. The number of amides is 2. The Hall–Kier alpha value is -3.12. The molecule has 0 saturated carbocycles. The molecule has 2 aromatic carbocycles. The second-order valence-corrected chi connectivity index (χ2v) is 7.36. The van der Waals surface area contributed by atoms with Crippen molar-refractivity contribution in [3.8, 4) is 0 Å². The Morgan fingerprint density at radius 2 is 1.72 bits per heavy atom. The molecule has 2 amide bonds. The predicted octanol–water partition coefficient (Wildman–Crippen LogP) is 4.30. The summed E-state index contributed by atoms with van der Waals surface area (Å²) in [7, 11) is 0. The highest BCUT2D eigenvalue weighted by molar-refractivity contribution is 6.53. The van der Waals surface area contributed by atoms with Gasteiger partial charge in [-0.15, -0.1) is 0 Å². The third-order valence-corrected chi connectivity index (χ3v) is 4.95. The molecule has 1 heterocycles. The van der Waals surface area contributed by atoms with E-state index in [1.54, 1.807) is 32.0 Å². The number of benzene rings is 2. The zero-order chi connectivity index (χ0) is 21.3. The number of halogens is 1. The molecule has 0 saturated heterocycles. The molecule has 0 aliphatic carbocycles. The van der Waals surface area contributed by atoms with E-state index in [-0.39, 0.29) is 28.1 Å². The van der Waals surface area contributed by atoms with Crippen LogP contribution in [-0.4, -0.2) is 23.9 Å². The van der Waals surface area contributed by atoms with Crippen molar-refractivity contribution in [3.05, 3.63) is 69.9 Å². The number of hydrogen-bond donors (Lipinski definition) is 1. The molecule has 3 rings (SSSR count). The molecule has 0 aromatic heterocycles. The van der Waals surface area contributed by atoms with Crippen LogP contribution in [0.1, 0.15) is 35.3 Å². The van der Waals surface area contributed by atoms with E-state index in [0.717, 1.165) is 16.0 Å². The molecule has 0 spiro atoms. The molecule has 0 atom stereocenters. The van der Waals surface area contributed by atoms with E-state index < -0.39 is 17.8 Å². The average molecular weight is 413 g/mol. The summed E-state index contributed by atoms with van der Waals surface area (Å²) in [5, 5.41) is 2.75. The van der Waals surface area contributed by atoms with Gasteiger partial charge in [0.15, 0.2) is 0 Å². The molecule has 0 radical (unpaired) electrons. The highest BCUT2D eigenvalue weighted by atomic mass is 35.5. The monoisotopic (exact) mass is 412 g/mol. The summed E-state index contributed by atoms with van der Waals surface area (Å²) >= 11 is 6.22. The van der Waals surface area contributed by atoms with Crippen LogP contribution in [0.25, 0.3) is 0 Å². The van der Waals surface area contributed by atoms with Crippen molar-refractivity contribution < 1.29 is 19.1 Å². The van der Waals surface area contributed by atoms with Crippen LogP contribution in [0.15, 0.2) is 53.2 Å². The molecule has 0 bridgehead atoms. The first-order valence-electron chi connectivity index (χ1n) is 9.14. The molecular formula is C22H21ClN2O4. The van der Waals surface area contributed by atoms with Crippen molar-refractivity contribution in [2.24, 2.45) is 0 Å². The first-order chi connectivity index (χ1) is 13.7. The van der Waals surface area contributed by atoms with Crippen molar-refractivity contribution in [1.29, 1.82) is 0 Å². The van der Waals surface area contributed by atoms with Gasteiger partial charge in [0.1, 0.15) is 10.7 Å². The minimum absolute atomic E-state index is 0.0302. The minimum Gasteiger partial charge on any atom is -0.459 e. The largest absolute Gasteiger partial charge is 0.459 e. The second kappa shape index (κ2) is 8.09. The highest BCUT2D eigenvalue weighted by Gasteiger charge is 2.40. The Kier molecular flexibility index (Phi) is 5.75. The number of nitrogens with zero attached hydrogens (tertiary/aromatic N) is 1. The molecule has 0 fully saturated rings. The summed E-state index contributed by atoms with van der Waals surface area (Å²) in [6.45, 7) is 7.29. The first-order valence-corrected chi connectivity index (χ1v) is 9.52. The van der Waals surface area contributed by atoms with Crippen molar-refractivity contribution in [1.82, 2.24) is 0 Å². The van der Waals surface area contributed by atoms with Gasteiger partial charge in [-0.2, -0.15) is 0 Å². The number of rotatable bonds is 5. The number of hydrogen-bond acceptors (Lipinski definition) is 5. The van der Waals surface area contributed by atoms with Crippen LogP contribution in [0.2, 0.25) is 0 Å². The number of esters is 1. The van der Waals surface area contributed by atoms with E-state index in [9.17, 15) is 14.4 Å². The van der Waals surface area contributed by atoms with Crippen LogP contribution >= 0.6 is 11.6 Å². The van der Waals surface area contributed by atoms with E-state index in [2.05, 4.69) is 5.32 Å². The number of ether oxygens (including phenoxy) is 1. The van der Waals surface area contributed by atoms with E-state index in [0.29, 0.717) is 5.69 Å². The van der Waals surface area contributed by atoms with Gasteiger partial charge in [0.2, 0.25) is 0 Å². The fraction of sp³-hybridized carbons (Fsp3) is 0.227. The Balaban J connectivity index is 1.97. The highest BCUT2D eigenvalue weighted by Crippen LogP contribution is 2.33. The normalized spacial score (nSPS) is 14.1. The van der Waals surface area contributed by atoms with E-state index >= 15 is 0 Å². The topological polar surface area (TPSA) is 75.7 Å². The van der Waals surface area contributed by atoms with E-state index in [1.807, 2.05) is 26.0 Å². The maximum atomic E-state index is 13.1. The molecule has 6 nitrogen and oxygen atoms in total. The Morgan fingerprint density at radius 3 is 2.41 bits per heavy atom. The van der Waals surface area contributed by atoms with Gasteiger partial charge >= 0.3 is 5.97 Å². The molecule has 150 valence electrons. The van der Waals surface area contributed by atoms with Gasteiger partial charge in [0.05, 0.1) is 17.4 Å². The SMILES string of the molecule is Cc1cccc(NC2=C(Cl)C(=O)N(c3ccccc3C(=O)OC(C)C)C2=O)c1C.